The lowest BCUT2D eigenvalue weighted by Crippen LogP contribution is -2.44. The molecule has 2 aliphatic rings. The van der Waals surface area contributed by atoms with Crippen LogP contribution in [-0.2, 0) is 28.6 Å². The van der Waals surface area contributed by atoms with Gasteiger partial charge in [-0.05, 0) is 55.4 Å². The van der Waals surface area contributed by atoms with Crippen LogP contribution >= 0.6 is 0 Å². The summed E-state index contributed by atoms with van der Waals surface area (Å²) in [5.74, 6) is -0.202. The Morgan fingerprint density at radius 2 is 1.96 bits per heavy atom. The van der Waals surface area contributed by atoms with E-state index in [-0.39, 0.29) is 5.41 Å². The van der Waals surface area contributed by atoms with Crippen LogP contribution in [0.25, 0.3) is 0 Å². The van der Waals surface area contributed by atoms with Crippen molar-refractivity contribution in [2.75, 3.05) is 0 Å². The number of pyridine rings is 1. The van der Waals surface area contributed by atoms with E-state index in [0.29, 0.717) is 31.5 Å². The molecule has 4 rings (SSSR count). The van der Waals surface area contributed by atoms with Gasteiger partial charge in [-0.1, -0.05) is 25.8 Å². The molecule has 2 aromatic heterocycles. The summed E-state index contributed by atoms with van der Waals surface area (Å²) in [6, 6.07) is 3.93. The Hall–Kier alpha value is -2.31. The quantitative estimate of drug-likeness (QED) is 0.861. The van der Waals surface area contributed by atoms with E-state index in [1.165, 1.54) is 4.80 Å². The number of aryl methyl sites for hydroxylation is 2. The van der Waals surface area contributed by atoms with E-state index in [1.807, 2.05) is 12.1 Å². The Bertz CT molecular complexity index is 767. The zero-order valence-electron chi connectivity index (χ0n) is 14.5. The smallest absolute Gasteiger partial charge is 0.333 e. The average Bonchev–Trinajstić information content (AvgIpc) is 3.22. The van der Waals surface area contributed by atoms with E-state index in [4.69, 9.17) is 0 Å². The molecular formula is C18H23N5O2. The summed E-state index contributed by atoms with van der Waals surface area (Å²) >= 11 is 0. The van der Waals surface area contributed by atoms with Gasteiger partial charge < -0.3 is 5.11 Å². The third-order valence-corrected chi connectivity index (χ3v) is 6.01. The Kier molecular flexibility index (Phi) is 3.81. The van der Waals surface area contributed by atoms with E-state index in [2.05, 4.69) is 27.3 Å². The lowest BCUT2D eigenvalue weighted by molar-refractivity contribution is -0.149. The van der Waals surface area contributed by atoms with Gasteiger partial charge in [-0.25, -0.2) is 4.79 Å². The first-order chi connectivity index (χ1) is 12.0. The van der Waals surface area contributed by atoms with Crippen LogP contribution in [-0.4, -0.2) is 36.3 Å². The number of carboxylic acid groups (broad SMARTS) is 1. The molecule has 0 amide bonds. The molecule has 7 heteroatoms. The molecule has 1 N–H and O–H groups in total. The summed E-state index contributed by atoms with van der Waals surface area (Å²) in [6.07, 6.45) is 8.31. The van der Waals surface area contributed by atoms with E-state index in [0.717, 1.165) is 36.9 Å². The van der Waals surface area contributed by atoms with Crippen LogP contribution in [0.1, 0.15) is 62.5 Å². The highest BCUT2D eigenvalue weighted by molar-refractivity contribution is 5.76. The number of hydrogen-bond donors (Lipinski definition) is 1. The van der Waals surface area contributed by atoms with Crippen molar-refractivity contribution in [1.29, 1.82) is 0 Å². The van der Waals surface area contributed by atoms with Crippen LogP contribution in [0.3, 0.4) is 0 Å². The lowest BCUT2D eigenvalue weighted by atomic mass is 9.88. The van der Waals surface area contributed by atoms with Gasteiger partial charge in [-0.3, -0.25) is 4.98 Å². The molecular weight excluding hydrogens is 318 g/mol. The Labute approximate surface area is 146 Å². The molecule has 2 heterocycles. The third-order valence-electron chi connectivity index (χ3n) is 6.01. The Morgan fingerprint density at radius 1 is 1.20 bits per heavy atom. The second kappa shape index (κ2) is 5.89. The maximum Gasteiger partial charge on any atom is 0.333 e. The van der Waals surface area contributed by atoms with Gasteiger partial charge in [0.05, 0.1) is 0 Å². The summed E-state index contributed by atoms with van der Waals surface area (Å²) in [5, 5.41) is 23.1. The molecule has 25 heavy (non-hydrogen) atoms. The number of carboxylic acids is 1. The molecule has 7 nitrogen and oxygen atoms in total. The van der Waals surface area contributed by atoms with Gasteiger partial charge in [-0.15, -0.1) is 15.0 Å². The normalized spacial score (nSPS) is 25.3. The summed E-state index contributed by atoms with van der Waals surface area (Å²) in [4.78, 5) is 18.0. The molecule has 2 aromatic rings. The Morgan fingerprint density at radius 3 is 2.72 bits per heavy atom. The Balaban J connectivity index is 1.68. The van der Waals surface area contributed by atoms with Crippen LogP contribution in [0.2, 0.25) is 0 Å². The fraction of sp³-hybridized carbons (Fsp3) is 0.611. The van der Waals surface area contributed by atoms with E-state index in [9.17, 15) is 9.90 Å². The fourth-order valence-corrected chi connectivity index (χ4v) is 4.23. The molecule has 1 atom stereocenters. The first kappa shape index (κ1) is 16.2. The summed E-state index contributed by atoms with van der Waals surface area (Å²) < 4.78 is 0. The van der Waals surface area contributed by atoms with Gasteiger partial charge in [0.1, 0.15) is 0 Å². The minimum absolute atomic E-state index is 0.0762. The maximum absolute atomic E-state index is 12.2. The topological polar surface area (TPSA) is 93.8 Å². The predicted octanol–water partition coefficient (Wildman–Crippen LogP) is 2.26. The second-order valence-corrected chi connectivity index (χ2v) is 7.62. The van der Waals surface area contributed by atoms with Crippen LogP contribution < -0.4 is 0 Å². The molecule has 1 fully saturated rings. The number of tetrazole rings is 1. The zero-order valence-corrected chi connectivity index (χ0v) is 14.5. The van der Waals surface area contributed by atoms with Crippen molar-refractivity contribution < 1.29 is 9.90 Å². The van der Waals surface area contributed by atoms with E-state index >= 15 is 0 Å². The van der Waals surface area contributed by atoms with Gasteiger partial charge in [0.25, 0.3) is 0 Å². The van der Waals surface area contributed by atoms with E-state index in [1.54, 1.807) is 6.20 Å². The molecule has 0 bridgehead atoms. The predicted molar refractivity (Wildman–Crippen MR) is 90.1 cm³/mol. The zero-order chi connectivity index (χ0) is 17.5. The van der Waals surface area contributed by atoms with Crippen molar-refractivity contribution in [1.82, 2.24) is 25.2 Å². The number of nitrogens with zero attached hydrogens (tertiary/aromatic N) is 5. The minimum atomic E-state index is -1.15. The van der Waals surface area contributed by atoms with Gasteiger partial charge in [0, 0.05) is 17.3 Å². The number of carbonyl (C=O) groups is 1. The summed E-state index contributed by atoms with van der Waals surface area (Å²) in [7, 11) is 0. The van der Waals surface area contributed by atoms with Crippen molar-refractivity contribution in [3.63, 3.8) is 0 Å². The third kappa shape index (κ3) is 2.62. The molecule has 1 saturated carbocycles. The molecule has 0 spiro atoms. The first-order valence-corrected chi connectivity index (χ1v) is 9.01. The van der Waals surface area contributed by atoms with E-state index < -0.39 is 11.5 Å². The number of rotatable bonds is 3. The minimum Gasteiger partial charge on any atom is -0.479 e. The van der Waals surface area contributed by atoms with Crippen LogP contribution in [0.4, 0.5) is 0 Å². The molecule has 2 aliphatic carbocycles. The molecule has 0 radical (unpaired) electrons. The number of aliphatic carboxylic acids is 1. The van der Waals surface area contributed by atoms with Crippen molar-refractivity contribution in [2.24, 2.45) is 0 Å². The number of fused-ring (bicyclic) bond motifs is 1. The first-order valence-electron chi connectivity index (χ1n) is 9.01. The van der Waals surface area contributed by atoms with Crippen LogP contribution in [0.5, 0.6) is 0 Å². The van der Waals surface area contributed by atoms with Crippen LogP contribution in [0.15, 0.2) is 18.3 Å². The second-order valence-electron chi connectivity index (χ2n) is 7.62. The van der Waals surface area contributed by atoms with Gasteiger partial charge in [0.2, 0.25) is 0 Å². The largest absolute Gasteiger partial charge is 0.479 e. The van der Waals surface area contributed by atoms with Gasteiger partial charge >= 0.3 is 5.97 Å². The fourth-order valence-electron chi connectivity index (χ4n) is 4.23. The highest BCUT2D eigenvalue weighted by Crippen LogP contribution is 2.39. The highest BCUT2D eigenvalue weighted by Gasteiger charge is 2.45. The summed E-state index contributed by atoms with van der Waals surface area (Å²) in [5.41, 5.74) is 0.871. The average molecular weight is 341 g/mol. The molecule has 0 aliphatic heterocycles. The number of aromatic nitrogens is 5. The van der Waals surface area contributed by atoms with Crippen molar-refractivity contribution in [3.05, 3.63) is 35.4 Å². The van der Waals surface area contributed by atoms with Crippen molar-refractivity contribution in [2.45, 2.75) is 69.2 Å². The SMILES string of the molecule is CC1(c2nnn(C3(C(=O)O)CCc4cccnc4CC3)n2)CCCC1. The molecule has 132 valence electrons. The van der Waals surface area contributed by atoms with Gasteiger partial charge in [0.15, 0.2) is 11.4 Å². The highest BCUT2D eigenvalue weighted by atomic mass is 16.4. The molecule has 0 aromatic carbocycles. The molecule has 1 unspecified atom stereocenters. The van der Waals surface area contributed by atoms with Crippen LogP contribution in [0, 0.1) is 0 Å². The van der Waals surface area contributed by atoms with Gasteiger partial charge in [-0.2, -0.15) is 0 Å². The summed E-state index contributed by atoms with van der Waals surface area (Å²) in [6.45, 7) is 2.15. The van der Waals surface area contributed by atoms with Crippen molar-refractivity contribution in [3.8, 4) is 0 Å². The maximum atomic E-state index is 12.2. The standard InChI is InChI=1S/C18H23N5O2/c1-17(8-2-3-9-17)15-20-22-23(21-15)18(16(24)25)10-6-13-5-4-12-19-14(13)7-11-18/h4-5,12H,2-3,6-11H2,1H3,(H,24,25). The lowest BCUT2D eigenvalue weighted by Gasteiger charge is -2.26. The van der Waals surface area contributed by atoms with Crippen molar-refractivity contribution >= 4 is 5.97 Å². The monoisotopic (exact) mass is 341 g/mol. The number of hydrogen-bond acceptors (Lipinski definition) is 5. The molecule has 0 saturated heterocycles.